The summed E-state index contributed by atoms with van der Waals surface area (Å²) in [5.41, 5.74) is 0.432. The van der Waals surface area contributed by atoms with Crippen LogP contribution in [0.15, 0.2) is 36.4 Å². The third kappa shape index (κ3) is 7.46. The normalized spacial score (nSPS) is 14.8. The van der Waals surface area contributed by atoms with E-state index in [-0.39, 0.29) is 56.7 Å². The van der Waals surface area contributed by atoms with Gasteiger partial charge in [-0.3, -0.25) is 14.2 Å². The molecule has 14 nitrogen and oxygen atoms in total. The van der Waals surface area contributed by atoms with Crippen molar-refractivity contribution in [2.24, 2.45) is 0 Å². The van der Waals surface area contributed by atoms with Crippen LogP contribution in [0.5, 0.6) is 0 Å². The molecule has 0 unspecified atom stereocenters. The highest BCUT2D eigenvalue weighted by atomic mass is 31.2. The molecule has 36 heavy (non-hydrogen) atoms. The minimum absolute atomic E-state index is 0.0134. The maximum absolute atomic E-state index is 13.1. The maximum Gasteiger partial charge on any atom is 0.407 e. The second kappa shape index (κ2) is 11.9. The number of hydrogen-bond donors (Lipinski definition) is 6. The summed E-state index contributed by atoms with van der Waals surface area (Å²) in [6.45, 7) is 0.0427. The van der Waals surface area contributed by atoms with Crippen molar-refractivity contribution in [2.75, 3.05) is 50.8 Å². The zero-order valence-corrected chi connectivity index (χ0v) is 20.0. The number of benzene rings is 1. The highest BCUT2D eigenvalue weighted by Crippen LogP contribution is 2.35. The van der Waals surface area contributed by atoms with Crippen LogP contribution in [0.1, 0.15) is 10.5 Å². The summed E-state index contributed by atoms with van der Waals surface area (Å²) in [6.07, 6.45) is -2.08. The lowest BCUT2D eigenvalue weighted by molar-refractivity contribution is -0.134. The predicted molar refractivity (Wildman–Crippen MR) is 127 cm³/mol. The number of rotatable bonds is 9. The van der Waals surface area contributed by atoms with Crippen LogP contribution in [0.4, 0.5) is 10.6 Å². The number of nitrogens with one attached hydrogen (secondary N) is 2. The first-order chi connectivity index (χ1) is 17.1. The van der Waals surface area contributed by atoms with Crippen LogP contribution >= 0.6 is 7.60 Å². The number of carbonyl (C=O) groups is 3. The monoisotopic (exact) mass is 522 g/mol. The van der Waals surface area contributed by atoms with Crippen LogP contribution in [-0.2, 0) is 9.36 Å². The molecule has 1 aliphatic rings. The molecule has 0 aliphatic carbocycles. The van der Waals surface area contributed by atoms with E-state index in [4.69, 9.17) is 10.2 Å². The van der Waals surface area contributed by atoms with Gasteiger partial charge in [-0.05, 0) is 0 Å². The van der Waals surface area contributed by atoms with E-state index in [9.17, 15) is 28.7 Å². The van der Waals surface area contributed by atoms with E-state index < -0.39 is 37.7 Å². The quantitative estimate of drug-likeness (QED) is 0.235. The first-order valence-corrected chi connectivity index (χ1v) is 12.8. The van der Waals surface area contributed by atoms with Crippen LogP contribution in [0.2, 0.25) is 0 Å². The molecule has 0 saturated carbocycles. The molecule has 2 heterocycles. The highest BCUT2D eigenvalue weighted by Gasteiger charge is 2.34. The van der Waals surface area contributed by atoms with Crippen LogP contribution in [-0.4, -0.2) is 109 Å². The van der Waals surface area contributed by atoms with E-state index in [0.717, 1.165) is 4.90 Å². The van der Waals surface area contributed by atoms with Gasteiger partial charge in [0.1, 0.15) is 17.6 Å². The molecule has 1 aromatic heterocycles. The van der Waals surface area contributed by atoms with Crippen molar-refractivity contribution in [1.82, 2.24) is 25.1 Å². The molecule has 0 spiro atoms. The Kier molecular flexibility index (Phi) is 8.93. The zero-order valence-electron chi connectivity index (χ0n) is 19.1. The van der Waals surface area contributed by atoms with Gasteiger partial charge >= 0.3 is 13.7 Å². The molecule has 0 bridgehead atoms. The Morgan fingerprint density at radius 1 is 1.03 bits per heavy atom. The summed E-state index contributed by atoms with van der Waals surface area (Å²) in [5.74, 6) is -1.19. The van der Waals surface area contributed by atoms with Crippen molar-refractivity contribution < 1.29 is 38.9 Å². The molecule has 1 fully saturated rings. The summed E-state index contributed by atoms with van der Waals surface area (Å²) in [7, 11) is -4.72. The molecule has 6 N–H and O–H groups in total. The largest absolute Gasteiger partial charge is 0.465 e. The van der Waals surface area contributed by atoms with E-state index in [1.165, 1.54) is 11.0 Å². The number of amides is 3. The molecular weight excluding hydrogens is 495 g/mol. The third-order valence-electron chi connectivity index (χ3n) is 5.29. The summed E-state index contributed by atoms with van der Waals surface area (Å²) in [6, 6.07) is 8.48. The summed E-state index contributed by atoms with van der Waals surface area (Å²) in [4.78, 5) is 67.2. The lowest BCUT2D eigenvalue weighted by Gasteiger charge is -2.35. The van der Waals surface area contributed by atoms with Gasteiger partial charge in [-0.25, -0.2) is 14.8 Å². The molecule has 3 rings (SSSR count). The Balaban J connectivity index is 1.85. The summed E-state index contributed by atoms with van der Waals surface area (Å²) >= 11 is 0. The Hall–Kier alpha value is -3.58. The molecule has 194 valence electrons. The SMILES string of the molecule is O=C(N[C@@H](CP(=O)(O)O)C(=O)N1CCN(C(=O)O)CC1)c1cc(NCCO)nc(-c2ccccc2)n1. The Morgan fingerprint density at radius 2 is 1.67 bits per heavy atom. The van der Waals surface area contributed by atoms with Crippen molar-refractivity contribution in [2.45, 2.75) is 6.04 Å². The average Bonchev–Trinajstić information content (AvgIpc) is 2.86. The van der Waals surface area contributed by atoms with Gasteiger partial charge in [0.05, 0.1) is 12.8 Å². The van der Waals surface area contributed by atoms with Gasteiger partial charge in [0.15, 0.2) is 5.82 Å². The fourth-order valence-electron chi connectivity index (χ4n) is 3.55. The first-order valence-electron chi connectivity index (χ1n) is 11.0. The highest BCUT2D eigenvalue weighted by molar-refractivity contribution is 7.51. The fourth-order valence-corrected chi connectivity index (χ4v) is 4.27. The second-order valence-electron chi connectivity index (χ2n) is 7.95. The molecular formula is C21H27N6O8P. The van der Waals surface area contributed by atoms with E-state index in [2.05, 4.69) is 20.6 Å². The topological polar surface area (TPSA) is 206 Å². The molecule has 2 aromatic rings. The van der Waals surface area contributed by atoms with Crippen LogP contribution in [0.3, 0.4) is 0 Å². The number of hydrogen-bond acceptors (Lipinski definition) is 8. The van der Waals surface area contributed by atoms with E-state index in [1.54, 1.807) is 30.3 Å². The zero-order chi connectivity index (χ0) is 26.3. The summed E-state index contributed by atoms with van der Waals surface area (Å²) in [5, 5.41) is 23.4. The van der Waals surface area contributed by atoms with Gasteiger partial charge in [0.25, 0.3) is 5.91 Å². The lowest BCUT2D eigenvalue weighted by Crippen LogP contribution is -2.56. The Morgan fingerprint density at radius 3 is 2.25 bits per heavy atom. The van der Waals surface area contributed by atoms with E-state index >= 15 is 0 Å². The fraction of sp³-hybridized carbons (Fsp3) is 0.381. The van der Waals surface area contributed by atoms with Crippen molar-refractivity contribution >= 4 is 31.3 Å². The Labute approximate surface area is 206 Å². The van der Waals surface area contributed by atoms with Gasteiger partial charge in [0, 0.05) is 44.4 Å². The number of anilines is 1. The van der Waals surface area contributed by atoms with Gasteiger partial charge < -0.3 is 40.4 Å². The lowest BCUT2D eigenvalue weighted by atomic mass is 10.2. The number of aromatic nitrogens is 2. The minimum Gasteiger partial charge on any atom is -0.465 e. The van der Waals surface area contributed by atoms with Crippen molar-refractivity contribution in [3.63, 3.8) is 0 Å². The minimum atomic E-state index is -4.72. The number of piperazine rings is 1. The smallest absolute Gasteiger partial charge is 0.407 e. The summed E-state index contributed by atoms with van der Waals surface area (Å²) < 4.78 is 11.7. The van der Waals surface area contributed by atoms with Gasteiger partial charge in [-0.2, -0.15) is 0 Å². The molecule has 15 heteroatoms. The van der Waals surface area contributed by atoms with Crippen LogP contribution in [0.25, 0.3) is 11.4 Å². The third-order valence-corrected chi connectivity index (χ3v) is 6.14. The number of aliphatic hydroxyl groups excluding tert-OH is 1. The van der Waals surface area contributed by atoms with Gasteiger partial charge in [-0.15, -0.1) is 0 Å². The molecule has 1 aliphatic heterocycles. The molecule has 1 aromatic carbocycles. The van der Waals surface area contributed by atoms with E-state index in [1.807, 2.05) is 0 Å². The molecule has 3 amide bonds. The molecule has 1 saturated heterocycles. The van der Waals surface area contributed by atoms with E-state index in [0.29, 0.717) is 5.56 Å². The maximum atomic E-state index is 13.1. The van der Waals surface area contributed by atoms with Crippen molar-refractivity contribution in [3.8, 4) is 11.4 Å². The standard InChI is InChI=1S/C21H27N6O8P/c28-11-6-22-17-12-15(23-18(25-17)14-4-2-1-3-5-14)19(29)24-16(13-36(33,34)35)20(30)26-7-9-27(10-8-26)21(31)32/h1-5,12,16,28H,6-11,13H2,(H,24,29)(H,31,32)(H,22,23,25)(H2,33,34,35)/t16-/m0/s1. The number of nitrogens with zero attached hydrogens (tertiary/aromatic N) is 4. The van der Waals surface area contributed by atoms with Crippen molar-refractivity contribution in [3.05, 3.63) is 42.1 Å². The molecule has 0 radical (unpaired) electrons. The second-order valence-corrected chi connectivity index (χ2v) is 9.64. The van der Waals surface area contributed by atoms with Crippen LogP contribution in [0, 0.1) is 0 Å². The van der Waals surface area contributed by atoms with Gasteiger partial charge in [-0.1, -0.05) is 30.3 Å². The Bertz CT molecular complexity index is 1140. The molecule has 1 atom stereocenters. The number of carbonyl (C=O) groups excluding carboxylic acids is 2. The first kappa shape index (κ1) is 27.0. The van der Waals surface area contributed by atoms with Crippen LogP contribution < -0.4 is 10.6 Å². The predicted octanol–water partition coefficient (Wildman–Crippen LogP) is -0.354. The number of carboxylic acid groups (broad SMARTS) is 1. The van der Waals surface area contributed by atoms with Gasteiger partial charge in [0.2, 0.25) is 5.91 Å². The number of aliphatic hydroxyl groups is 1. The van der Waals surface area contributed by atoms with Crippen molar-refractivity contribution in [1.29, 1.82) is 0 Å². The average molecular weight is 522 g/mol.